The summed E-state index contributed by atoms with van der Waals surface area (Å²) in [7, 11) is 0. The number of aromatic nitrogens is 2. The van der Waals surface area contributed by atoms with E-state index in [9.17, 15) is 4.79 Å². The van der Waals surface area contributed by atoms with Crippen LogP contribution in [-0.2, 0) is 25.9 Å². The Morgan fingerprint density at radius 3 is 3.00 bits per heavy atom. The summed E-state index contributed by atoms with van der Waals surface area (Å²) in [5.74, 6) is 0.951. The van der Waals surface area contributed by atoms with Crippen molar-refractivity contribution >= 4 is 0 Å². The Balaban J connectivity index is 1.51. The highest BCUT2D eigenvalue weighted by atomic mass is 16.3. The average molecular weight is 335 g/mol. The second kappa shape index (κ2) is 7.07. The van der Waals surface area contributed by atoms with Crippen LogP contribution in [0.2, 0.25) is 0 Å². The molecule has 0 amide bonds. The summed E-state index contributed by atoms with van der Waals surface area (Å²) in [6.45, 7) is 1.32. The lowest BCUT2D eigenvalue weighted by Gasteiger charge is -2.27. The summed E-state index contributed by atoms with van der Waals surface area (Å²) in [6.07, 6.45) is 8.13. The molecule has 1 aliphatic rings. The lowest BCUT2D eigenvalue weighted by molar-refractivity contribution is 0.408. The Labute approximate surface area is 146 Å². The molecule has 4 rings (SSSR count). The third kappa shape index (κ3) is 3.56. The standard InChI is InChI=1S/C20H21N3O2/c24-20-8-5-16-11-17(22-13-18-4-2-10-25-18)6-7-19(16)23(20)14-15-3-1-9-21-12-15/h1-5,8-10,12,17,22H,6-7,11,13-14H2. The summed E-state index contributed by atoms with van der Waals surface area (Å²) < 4.78 is 7.28. The number of nitrogens with one attached hydrogen (secondary N) is 1. The predicted molar refractivity (Wildman–Crippen MR) is 95.4 cm³/mol. The summed E-state index contributed by atoms with van der Waals surface area (Å²) in [4.78, 5) is 16.5. The normalized spacial score (nSPS) is 16.6. The molecule has 128 valence electrons. The molecule has 1 N–H and O–H groups in total. The van der Waals surface area contributed by atoms with Gasteiger partial charge in [-0.2, -0.15) is 0 Å². The van der Waals surface area contributed by atoms with Crippen LogP contribution in [0.15, 0.2) is 64.3 Å². The van der Waals surface area contributed by atoms with Crippen LogP contribution in [-0.4, -0.2) is 15.6 Å². The first-order valence-electron chi connectivity index (χ1n) is 8.66. The predicted octanol–water partition coefficient (Wildman–Crippen LogP) is 2.53. The van der Waals surface area contributed by atoms with Crippen LogP contribution in [0.3, 0.4) is 0 Å². The molecule has 5 heteroatoms. The molecule has 3 heterocycles. The lowest BCUT2D eigenvalue weighted by atomic mass is 9.91. The van der Waals surface area contributed by atoms with Crippen LogP contribution in [0.25, 0.3) is 0 Å². The molecular formula is C20H21N3O2. The van der Waals surface area contributed by atoms with Crippen molar-refractivity contribution in [2.45, 2.75) is 38.4 Å². The van der Waals surface area contributed by atoms with Gasteiger partial charge in [-0.05, 0) is 48.6 Å². The zero-order valence-electron chi connectivity index (χ0n) is 14.0. The zero-order chi connectivity index (χ0) is 17.1. The molecule has 0 bridgehead atoms. The van der Waals surface area contributed by atoms with Gasteiger partial charge in [0, 0.05) is 30.2 Å². The molecule has 5 nitrogen and oxygen atoms in total. The number of hydrogen-bond acceptors (Lipinski definition) is 4. The SMILES string of the molecule is O=c1ccc2c(n1Cc1cccnc1)CCC(NCc1ccco1)C2. The maximum Gasteiger partial charge on any atom is 0.251 e. The number of pyridine rings is 2. The summed E-state index contributed by atoms with van der Waals surface area (Å²) in [5.41, 5.74) is 3.53. The van der Waals surface area contributed by atoms with E-state index in [-0.39, 0.29) is 5.56 Å². The van der Waals surface area contributed by atoms with Gasteiger partial charge in [-0.25, -0.2) is 0 Å². The van der Waals surface area contributed by atoms with Gasteiger partial charge in [-0.1, -0.05) is 12.1 Å². The van der Waals surface area contributed by atoms with Crippen LogP contribution in [0.5, 0.6) is 0 Å². The maximum absolute atomic E-state index is 12.4. The van der Waals surface area contributed by atoms with E-state index >= 15 is 0 Å². The molecule has 1 atom stereocenters. The molecule has 1 aliphatic carbocycles. The second-order valence-corrected chi connectivity index (χ2v) is 6.49. The van der Waals surface area contributed by atoms with Gasteiger partial charge in [0.15, 0.2) is 0 Å². The minimum absolute atomic E-state index is 0.0598. The van der Waals surface area contributed by atoms with Gasteiger partial charge in [-0.3, -0.25) is 9.78 Å². The van der Waals surface area contributed by atoms with Crippen molar-refractivity contribution in [1.29, 1.82) is 0 Å². The van der Waals surface area contributed by atoms with Crippen molar-refractivity contribution < 1.29 is 4.42 Å². The Kier molecular flexibility index (Phi) is 4.48. The molecular weight excluding hydrogens is 314 g/mol. The third-order valence-electron chi connectivity index (χ3n) is 4.79. The first-order chi connectivity index (χ1) is 12.3. The van der Waals surface area contributed by atoms with Gasteiger partial charge < -0.3 is 14.3 Å². The van der Waals surface area contributed by atoms with E-state index in [0.717, 1.165) is 42.8 Å². The van der Waals surface area contributed by atoms with Crippen LogP contribution in [0, 0.1) is 0 Å². The average Bonchev–Trinajstić information content (AvgIpc) is 3.17. The fourth-order valence-corrected chi connectivity index (χ4v) is 3.50. The summed E-state index contributed by atoms with van der Waals surface area (Å²) in [6, 6.07) is 11.9. The minimum atomic E-state index is 0.0598. The highest BCUT2D eigenvalue weighted by Crippen LogP contribution is 2.21. The number of fused-ring (bicyclic) bond motifs is 1. The van der Waals surface area contributed by atoms with E-state index in [2.05, 4.69) is 10.3 Å². The molecule has 0 spiro atoms. The van der Waals surface area contributed by atoms with Gasteiger partial charge in [-0.15, -0.1) is 0 Å². The molecule has 3 aromatic heterocycles. The quantitative estimate of drug-likeness (QED) is 0.778. The molecule has 0 fully saturated rings. The lowest BCUT2D eigenvalue weighted by Crippen LogP contribution is -2.37. The van der Waals surface area contributed by atoms with Crippen LogP contribution >= 0.6 is 0 Å². The van der Waals surface area contributed by atoms with Crippen molar-refractivity contribution in [1.82, 2.24) is 14.9 Å². The van der Waals surface area contributed by atoms with Crippen LogP contribution in [0.4, 0.5) is 0 Å². The smallest absolute Gasteiger partial charge is 0.251 e. The fraction of sp³-hybridized carbons (Fsp3) is 0.300. The molecule has 1 unspecified atom stereocenters. The zero-order valence-corrected chi connectivity index (χ0v) is 14.0. The highest BCUT2D eigenvalue weighted by molar-refractivity contribution is 5.27. The fourth-order valence-electron chi connectivity index (χ4n) is 3.50. The number of hydrogen-bond donors (Lipinski definition) is 1. The Morgan fingerprint density at radius 2 is 2.20 bits per heavy atom. The Hall–Kier alpha value is -2.66. The first kappa shape index (κ1) is 15.8. The molecule has 0 saturated heterocycles. The highest BCUT2D eigenvalue weighted by Gasteiger charge is 2.21. The van der Waals surface area contributed by atoms with Crippen LogP contribution < -0.4 is 10.9 Å². The summed E-state index contributed by atoms with van der Waals surface area (Å²) in [5, 5.41) is 3.56. The third-order valence-corrected chi connectivity index (χ3v) is 4.79. The second-order valence-electron chi connectivity index (χ2n) is 6.49. The Morgan fingerprint density at radius 1 is 1.24 bits per heavy atom. The van der Waals surface area contributed by atoms with Crippen molar-refractivity contribution in [3.05, 3.63) is 88.0 Å². The van der Waals surface area contributed by atoms with Crippen molar-refractivity contribution in [2.75, 3.05) is 0 Å². The molecule has 0 saturated carbocycles. The maximum atomic E-state index is 12.4. The first-order valence-corrected chi connectivity index (χ1v) is 8.66. The minimum Gasteiger partial charge on any atom is -0.468 e. The van der Waals surface area contributed by atoms with Crippen LogP contribution in [0.1, 0.15) is 29.0 Å². The van der Waals surface area contributed by atoms with Crippen molar-refractivity contribution in [2.24, 2.45) is 0 Å². The van der Waals surface area contributed by atoms with Crippen molar-refractivity contribution in [3.8, 4) is 0 Å². The van der Waals surface area contributed by atoms with Gasteiger partial charge in [0.1, 0.15) is 5.76 Å². The van der Waals surface area contributed by atoms with Gasteiger partial charge >= 0.3 is 0 Å². The molecule has 0 aliphatic heterocycles. The van der Waals surface area contributed by atoms with E-state index in [1.54, 1.807) is 18.5 Å². The monoisotopic (exact) mass is 335 g/mol. The number of rotatable bonds is 5. The molecule has 0 aromatic carbocycles. The van der Waals surface area contributed by atoms with E-state index < -0.39 is 0 Å². The topological polar surface area (TPSA) is 60.1 Å². The van der Waals surface area contributed by atoms with Gasteiger partial charge in [0.25, 0.3) is 5.56 Å². The largest absolute Gasteiger partial charge is 0.468 e. The van der Waals surface area contributed by atoms with E-state index in [1.165, 1.54) is 5.56 Å². The van der Waals surface area contributed by atoms with E-state index in [1.807, 2.05) is 41.1 Å². The Bertz CT molecular complexity index is 885. The molecule has 0 radical (unpaired) electrons. The van der Waals surface area contributed by atoms with E-state index in [4.69, 9.17) is 4.42 Å². The summed E-state index contributed by atoms with van der Waals surface area (Å²) >= 11 is 0. The van der Waals surface area contributed by atoms with E-state index in [0.29, 0.717) is 12.6 Å². The number of furan rings is 1. The van der Waals surface area contributed by atoms with Crippen molar-refractivity contribution in [3.63, 3.8) is 0 Å². The van der Waals surface area contributed by atoms with Gasteiger partial charge in [0.05, 0.1) is 19.4 Å². The molecule has 3 aromatic rings. The van der Waals surface area contributed by atoms with Gasteiger partial charge in [0.2, 0.25) is 0 Å². The number of nitrogens with zero attached hydrogens (tertiary/aromatic N) is 2. The molecule has 25 heavy (non-hydrogen) atoms.